The monoisotopic (exact) mass is 244 g/mol. The first kappa shape index (κ1) is 11.9. The van der Waals surface area contributed by atoms with Gasteiger partial charge in [-0.1, -0.05) is 12.1 Å². The van der Waals surface area contributed by atoms with Gasteiger partial charge in [-0.3, -0.25) is 9.69 Å². The smallest absolute Gasteiger partial charge is 0.163 e. The molecular weight excluding hydrogens is 224 g/mol. The fourth-order valence-electron chi connectivity index (χ4n) is 2.85. The van der Waals surface area contributed by atoms with E-state index in [1.165, 1.54) is 11.1 Å². The maximum atomic E-state index is 11.7. The van der Waals surface area contributed by atoms with Crippen LogP contribution in [0.25, 0.3) is 0 Å². The Kier molecular flexibility index (Phi) is 3.18. The summed E-state index contributed by atoms with van der Waals surface area (Å²) >= 11 is 0. The largest absolute Gasteiger partial charge is 0.304 e. The number of fused-ring (bicyclic) bond motifs is 1. The van der Waals surface area contributed by atoms with Crippen LogP contribution in [0.3, 0.4) is 0 Å². The number of Topliss-reactive ketones (excluding diaryl/α,β-unsaturated/α-hetero) is 1. The molecule has 1 aromatic rings. The van der Waals surface area contributed by atoms with E-state index >= 15 is 0 Å². The topological polar surface area (TPSA) is 23.6 Å². The van der Waals surface area contributed by atoms with E-state index in [-0.39, 0.29) is 0 Å². The lowest BCUT2D eigenvalue weighted by molar-refractivity contribution is 0.0994. The number of carbonyl (C=O) groups excluding carboxylic acids is 1. The molecule has 0 saturated carbocycles. The summed E-state index contributed by atoms with van der Waals surface area (Å²) in [5.74, 6) is 0.324. The molecule has 1 aliphatic carbocycles. The van der Waals surface area contributed by atoms with Crippen LogP contribution in [-0.2, 0) is 13.0 Å². The van der Waals surface area contributed by atoms with Gasteiger partial charge in [0, 0.05) is 44.7 Å². The van der Waals surface area contributed by atoms with E-state index in [2.05, 4.69) is 35.0 Å². The van der Waals surface area contributed by atoms with Crippen molar-refractivity contribution in [1.82, 2.24) is 9.80 Å². The summed E-state index contributed by atoms with van der Waals surface area (Å²) in [6.45, 7) is 5.52. The normalized spacial score (nSPS) is 21.3. The van der Waals surface area contributed by atoms with Gasteiger partial charge in [0.2, 0.25) is 0 Å². The molecule has 1 fully saturated rings. The molecule has 3 nitrogen and oxygen atoms in total. The van der Waals surface area contributed by atoms with E-state index in [1.807, 2.05) is 0 Å². The third-order valence-corrected chi connectivity index (χ3v) is 4.10. The minimum absolute atomic E-state index is 0.324. The summed E-state index contributed by atoms with van der Waals surface area (Å²) in [5.41, 5.74) is 3.50. The van der Waals surface area contributed by atoms with Gasteiger partial charge in [0.25, 0.3) is 0 Å². The van der Waals surface area contributed by atoms with E-state index in [9.17, 15) is 4.79 Å². The summed E-state index contributed by atoms with van der Waals surface area (Å²) in [7, 11) is 2.17. The number of carbonyl (C=O) groups is 1. The van der Waals surface area contributed by atoms with Crippen LogP contribution in [0, 0.1) is 0 Å². The van der Waals surface area contributed by atoms with Crippen LogP contribution in [0.5, 0.6) is 0 Å². The van der Waals surface area contributed by atoms with Gasteiger partial charge in [0.05, 0.1) is 0 Å². The summed E-state index contributed by atoms with van der Waals surface area (Å²) in [6, 6.07) is 6.45. The third kappa shape index (κ3) is 2.33. The Morgan fingerprint density at radius 2 is 1.89 bits per heavy atom. The molecule has 0 radical (unpaired) electrons. The Morgan fingerprint density at radius 1 is 1.11 bits per heavy atom. The van der Waals surface area contributed by atoms with Crippen molar-refractivity contribution in [2.75, 3.05) is 33.2 Å². The molecular formula is C15H20N2O. The highest BCUT2D eigenvalue weighted by molar-refractivity contribution is 6.00. The summed E-state index contributed by atoms with van der Waals surface area (Å²) in [4.78, 5) is 16.6. The van der Waals surface area contributed by atoms with Crippen molar-refractivity contribution in [3.63, 3.8) is 0 Å². The number of benzene rings is 1. The number of ketones is 1. The Bertz CT molecular complexity index is 462. The SMILES string of the molecule is CN1CCN(Cc2ccc3c(c2)C(=O)CC3)CC1. The number of hydrogen-bond donors (Lipinski definition) is 0. The average Bonchev–Trinajstić information content (AvgIpc) is 2.74. The van der Waals surface area contributed by atoms with Crippen LogP contribution in [0.4, 0.5) is 0 Å². The van der Waals surface area contributed by atoms with E-state index in [0.717, 1.165) is 44.7 Å². The maximum Gasteiger partial charge on any atom is 0.163 e. The van der Waals surface area contributed by atoms with Gasteiger partial charge in [0.1, 0.15) is 0 Å². The molecule has 0 unspecified atom stereocenters. The summed E-state index contributed by atoms with van der Waals surface area (Å²) in [6.07, 6.45) is 1.64. The second-order valence-electron chi connectivity index (χ2n) is 5.49. The number of piperazine rings is 1. The molecule has 1 aliphatic heterocycles. The van der Waals surface area contributed by atoms with Gasteiger partial charge in [-0.25, -0.2) is 0 Å². The molecule has 2 aliphatic rings. The Morgan fingerprint density at radius 3 is 2.67 bits per heavy atom. The predicted octanol–water partition coefficient (Wildman–Crippen LogP) is 1.56. The van der Waals surface area contributed by atoms with Crippen LogP contribution < -0.4 is 0 Å². The molecule has 0 amide bonds. The van der Waals surface area contributed by atoms with Crippen LogP contribution in [0.15, 0.2) is 18.2 Å². The zero-order valence-corrected chi connectivity index (χ0v) is 11.0. The van der Waals surface area contributed by atoms with Gasteiger partial charge < -0.3 is 4.90 Å². The highest BCUT2D eigenvalue weighted by Crippen LogP contribution is 2.23. The van der Waals surface area contributed by atoms with E-state index in [1.54, 1.807) is 0 Å². The average molecular weight is 244 g/mol. The van der Waals surface area contributed by atoms with Crippen LogP contribution in [-0.4, -0.2) is 48.8 Å². The lowest BCUT2D eigenvalue weighted by atomic mass is 10.1. The first-order valence-corrected chi connectivity index (χ1v) is 6.78. The molecule has 0 aromatic heterocycles. The van der Waals surface area contributed by atoms with Gasteiger partial charge in [-0.05, 0) is 30.7 Å². The lowest BCUT2D eigenvalue weighted by Crippen LogP contribution is -2.43. The van der Waals surface area contributed by atoms with Crippen molar-refractivity contribution in [3.05, 3.63) is 34.9 Å². The van der Waals surface area contributed by atoms with Crippen molar-refractivity contribution in [1.29, 1.82) is 0 Å². The third-order valence-electron chi connectivity index (χ3n) is 4.10. The zero-order chi connectivity index (χ0) is 12.5. The van der Waals surface area contributed by atoms with Crippen molar-refractivity contribution < 1.29 is 4.79 Å². The minimum Gasteiger partial charge on any atom is -0.304 e. The molecule has 0 bridgehead atoms. The molecule has 3 heteroatoms. The number of hydrogen-bond acceptors (Lipinski definition) is 3. The quantitative estimate of drug-likeness (QED) is 0.789. The molecule has 0 spiro atoms. The maximum absolute atomic E-state index is 11.7. The fraction of sp³-hybridized carbons (Fsp3) is 0.533. The first-order chi connectivity index (χ1) is 8.72. The number of nitrogens with zero attached hydrogens (tertiary/aromatic N) is 2. The van der Waals surface area contributed by atoms with E-state index < -0.39 is 0 Å². The van der Waals surface area contributed by atoms with Crippen molar-refractivity contribution in [3.8, 4) is 0 Å². The standard InChI is InChI=1S/C15H20N2O/c1-16-6-8-17(9-7-16)11-12-2-3-13-4-5-15(18)14(13)10-12/h2-3,10H,4-9,11H2,1H3. The molecule has 18 heavy (non-hydrogen) atoms. The van der Waals surface area contributed by atoms with E-state index in [4.69, 9.17) is 0 Å². The van der Waals surface area contributed by atoms with Crippen molar-refractivity contribution >= 4 is 5.78 Å². The van der Waals surface area contributed by atoms with Gasteiger partial charge in [-0.2, -0.15) is 0 Å². The Hall–Kier alpha value is -1.19. The molecule has 1 saturated heterocycles. The van der Waals surface area contributed by atoms with Crippen LogP contribution >= 0.6 is 0 Å². The lowest BCUT2D eigenvalue weighted by Gasteiger charge is -2.32. The number of rotatable bonds is 2. The molecule has 3 rings (SSSR count). The van der Waals surface area contributed by atoms with Gasteiger partial charge >= 0.3 is 0 Å². The summed E-state index contributed by atoms with van der Waals surface area (Å²) in [5, 5.41) is 0. The van der Waals surface area contributed by atoms with E-state index in [0.29, 0.717) is 12.2 Å². The Labute approximate surface area is 108 Å². The van der Waals surface area contributed by atoms with Crippen LogP contribution in [0.2, 0.25) is 0 Å². The molecule has 1 heterocycles. The van der Waals surface area contributed by atoms with Crippen LogP contribution in [0.1, 0.15) is 27.9 Å². The Balaban J connectivity index is 1.70. The molecule has 0 atom stereocenters. The highest BCUT2D eigenvalue weighted by Gasteiger charge is 2.20. The first-order valence-electron chi connectivity index (χ1n) is 6.78. The second kappa shape index (κ2) is 4.82. The molecule has 96 valence electrons. The second-order valence-corrected chi connectivity index (χ2v) is 5.49. The van der Waals surface area contributed by atoms with Gasteiger partial charge in [0.15, 0.2) is 5.78 Å². The molecule has 1 aromatic carbocycles. The summed E-state index contributed by atoms with van der Waals surface area (Å²) < 4.78 is 0. The van der Waals surface area contributed by atoms with Crippen molar-refractivity contribution in [2.45, 2.75) is 19.4 Å². The number of aryl methyl sites for hydroxylation is 1. The highest BCUT2D eigenvalue weighted by atomic mass is 16.1. The molecule has 0 N–H and O–H groups in total. The van der Waals surface area contributed by atoms with Gasteiger partial charge in [-0.15, -0.1) is 0 Å². The zero-order valence-electron chi connectivity index (χ0n) is 11.0. The number of likely N-dealkylation sites (N-methyl/N-ethyl adjacent to an activating group) is 1. The predicted molar refractivity (Wildman–Crippen MR) is 71.9 cm³/mol. The fourth-order valence-corrected chi connectivity index (χ4v) is 2.85. The van der Waals surface area contributed by atoms with Crippen molar-refractivity contribution in [2.24, 2.45) is 0 Å². The minimum atomic E-state index is 0.324.